The zero-order chi connectivity index (χ0) is 27.2. The highest BCUT2D eigenvalue weighted by Gasteiger charge is 2.43. The van der Waals surface area contributed by atoms with Crippen LogP contribution in [0.3, 0.4) is 0 Å². The zero-order valence-corrected chi connectivity index (χ0v) is 23.2. The minimum atomic E-state index is -0.762. The van der Waals surface area contributed by atoms with Crippen molar-refractivity contribution in [3.63, 3.8) is 0 Å². The van der Waals surface area contributed by atoms with Gasteiger partial charge in [-0.3, -0.25) is 0 Å². The molecular weight excluding hydrogens is 470 g/mol. The first-order valence-electron chi connectivity index (χ1n) is 13.2. The molecule has 2 heterocycles. The van der Waals surface area contributed by atoms with Gasteiger partial charge in [0.2, 0.25) is 0 Å². The molecule has 2 aromatic rings. The maximum Gasteiger partial charge on any atom is 0.321 e. The summed E-state index contributed by atoms with van der Waals surface area (Å²) in [5.41, 5.74) is 1.01. The Labute approximate surface area is 221 Å². The van der Waals surface area contributed by atoms with E-state index in [2.05, 4.69) is 37.9 Å². The summed E-state index contributed by atoms with van der Waals surface area (Å²) in [5, 5.41) is 0. The lowest BCUT2D eigenvalue weighted by molar-refractivity contribution is 0.119. The van der Waals surface area contributed by atoms with Gasteiger partial charge in [-0.15, -0.1) is 0 Å². The summed E-state index contributed by atoms with van der Waals surface area (Å²) < 4.78 is 28.5. The number of halogens is 2. The molecule has 0 saturated carbocycles. The number of benzene rings is 2. The number of likely N-dealkylation sites (tertiary alicyclic amines) is 1. The number of rotatable bonds is 4. The number of urea groups is 1. The maximum absolute atomic E-state index is 14.6. The molecule has 0 aliphatic carbocycles. The minimum Gasteiger partial charge on any atom is -0.325 e. The highest BCUT2D eigenvalue weighted by atomic mass is 19.1. The number of nitrogens with zero attached hydrogens (tertiary/aromatic N) is 4. The van der Waals surface area contributed by atoms with Gasteiger partial charge in [0.15, 0.2) is 0 Å². The number of amides is 2. The summed E-state index contributed by atoms with van der Waals surface area (Å²) in [5.74, 6) is -0.976. The van der Waals surface area contributed by atoms with Crippen molar-refractivity contribution < 1.29 is 13.6 Å². The monoisotopic (exact) mass is 512 g/mol. The van der Waals surface area contributed by atoms with Gasteiger partial charge in [-0.1, -0.05) is 37.3 Å². The molecule has 0 aromatic heterocycles. The van der Waals surface area contributed by atoms with Crippen LogP contribution in [-0.4, -0.2) is 86.0 Å². The Hall–Kier alpha value is -2.77. The molecule has 0 radical (unpaired) electrons. The topological polar surface area (TPSA) is 30.0 Å². The third-order valence-electron chi connectivity index (χ3n) is 7.61. The van der Waals surface area contributed by atoms with E-state index in [1.165, 1.54) is 6.07 Å². The molecule has 37 heavy (non-hydrogen) atoms. The van der Waals surface area contributed by atoms with E-state index < -0.39 is 17.2 Å². The number of hydrogen-bond donors (Lipinski definition) is 0. The zero-order valence-electron chi connectivity index (χ0n) is 23.2. The second-order valence-electron chi connectivity index (χ2n) is 10.6. The van der Waals surface area contributed by atoms with Crippen molar-refractivity contribution in [1.82, 2.24) is 19.6 Å². The lowest BCUT2D eigenvalue weighted by Gasteiger charge is -2.40. The molecule has 1 fully saturated rings. The fraction of sp³-hybridized carbons (Fsp3) is 0.500. The first-order chi connectivity index (χ1) is 17.6. The first-order valence-corrected chi connectivity index (χ1v) is 13.2. The quantitative estimate of drug-likeness (QED) is 0.528. The predicted octanol–water partition coefficient (Wildman–Crippen LogP) is 5.68. The minimum absolute atomic E-state index is 0.0889. The average Bonchev–Trinajstić information content (AvgIpc) is 3.10. The van der Waals surface area contributed by atoms with Crippen molar-refractivity contribution in [3.05, 3.63) is 77.4 Å². The second kappa shape index (κ2) is 12.7. The number of carbonyl (C=O) groups is 1. The van der Waals surface area contributed by atoms with Crippen molar-refractivity contribution in [2.75, 3.05) is 54.4 Å². The molecule has 0 bridgehead atoms. The van der Waals surface area contributed by atoms with Gasteiger partial charge in [0.05, 0.1) is 5.54 Å². The van der Waals surface area contributed by atoms with Gasteiger partial charge in [-0.05, 0) is 102 Å². The van der Waals surface area contributed by atoms with Crippen LogP contribution >= 0.6 is 0 Å². The molecular formula is C30H42F2N4O. The smallest absolute Gasteiger partial charge is 0.321 e. The standard InChI is InChI=1S/C26H31F2N3O.C4H11N/c1-26(20-8-5-4-6-9-20)17-19(23-16-21(27)11-12-24(23)28)18-31(26)25(32)30(3)22-10-7-14-29(2)15-13-22;1-4-5(2)3/h4-6,8-9,11-12,16-17,22H,7,10,13-15,18H2,1-3H3;4H2,1-3H3. The van der Waals surface area contributed by atoms with Gasteiger partial charge >= 0.3 is 6.03 Å². The van der Waals surface area contributed by atoms with E-state index in [0.29, 0.717) is 5.57 Å². The van der Waals surface area contributed by atoms with E-state index in [0.717, 1.165) is 56.6 Å². The summed E-state index contributed by atoms with van der Waals surface area (Å²) in [7, 11) is 8.09. The molecule has 0 N–H and O–H groups in total. The van der Waals surface area contributed by atoms with Crippen LogP contribution in [0.5, 0.6) is 0 Å². The molecule has 7 heteroatoms. The molecule has 0 spiro atoms. The third kappa shape index (κ3) is 6.96. The molecule has 4 rings (SSSR count). The molecule has 2 unspecified atom stereocenters. The van der Waals surface area contributed by atoms with Crippen LogP contribution < -0.4 is 0 Å². The second-order valence-corrected chi connectivity index (χ2v) is 10.6. The van der Waals surface area contributed by atoms with Crippen LogP contribution in [0, 0.1) is 11.6 Å². The van der Waals surface area contributed by atoms with Gasteiger partial charge in [0.25, 0.3) is 0 Å². The first kappa shape index (κ1) is 28.8. The molecule has 1 saturated heterocycles. The van der Waals surface area contributed by atoms with Gasteiger partial charge in [0.1, 0.15) is 11.6 Å². The van der Waals surface area contributed by atoms with Crippen LogP contribution in [0.1, 0.15) is 44.2 Å². The van der Waals surface area contributed by atoms with Crippen LogP contribution in [0.25, 0.3) is 5.57 Å². The molecule has 2 amide bonds. The predicted molar refractivity (Wildman–Crippen MR) is 147 cm³/mol. The number of hydrogen-bond acceptors (Lipinski definition) is 3. The van der Waals surface area contributed by atoms with Crippen molar-refractivity contribution in [2.45, 2.75) is 44.7 Å². The molecule has 2 aliphatic rings. The Morgan fingerprint density at radius 2 is 1.73 bits per heavy atom. The van der Waals surface area contributed by atoms with Crippen molar-refractivity contribution in [3.8, 4) is 0 Å². The fourth-order valence-corrected chi connectivity index (χ4v) is 4.94. The Morgan fingerprint density at radius 3 is 2.38 bits per heavy atom. The average molecular weight is 513 g/mol. The van der Waals surface area contributed by atoms with E-state index in [-0.39, 0.29) is 24.2 Å². The van der Waals surface area contributed by atoms with Gasteiger partial charge in [-0.2, -0.15) is 0 Å². The highest BCUT2D eigenvalue weighted by Crippen LogP contribution is 2.41. The van der Waals surface area contributed by atoms with Crippen molar-refractivity contribution in [1.29, 1.82) is 0 Å². The van der Waals surface area contributed by atoms with E-state index >= 15 is 0 Å². The van der Waals surface area contributed by atoms with Gasteiger partial charge in [0, 0.05) is 25.2 Å². The number of carbonyl (C=O) groups excluding carboxylic acids is 1. The molecule has 2 atom stereocenters. The Kier molecular flexibility index (Phi) is 9.85. The van der Waals surface area contributed by atoms with Crippen molar-refractivity contribution >= 4 is 11.6 Å². The Balaban J connectivity index is 0.000000695. The van der Waals surface area contributed by atoms with Crippen LogP contribution in [-0.2, 0) is 5.54 Å². The van der Waals surface area contributed by atoms with E-state index in [1.54, 1.807) is 4.90 Å². The molecule has 2 aliphatic heterocycles. The fourth-order valence-electron chi connectivity index (χ4n) is 4.94. The van der Waals surface area contributed by atoms with Crippen LogP contribution in [0.2, 0.25) is 0 Å². The summed E-state index contributed by atoms with van der Waals surface area (Å²) >= 11 is 0. The molecule has 5 nitrogen and oxygen atoms in total. The van der Waals surface area contributed by atoms with Crippen molar-refractivity contribution in [2.24, 2.45) is 0 Å². The summed E-state index contributed by atoms with van der Waals surface area (Å²) in [6, 6.07) is 13.3. The Morgan fingerprint density at radius 1 is 1.05 bits per heavy atom. The van der Waals surface area contributed by atoms with Crippen LogP contribution in [0.15, 0.2) is 54.6 Å². The summed E-state index contributed by atoms with van der Waals surface area (Å²) in [4.78, 5) is 21.9. The Bertz CT molecular complexity index is 1070. The third-order valence-corrected chi connectivity index (χ3v) is 7.61. The molecule has 2 aromatic carbocycles. The normalized spacial score (nSPS) is 22.2. The lowest BCUT2D eigenvalue weighted by atomic mass is 9.90. The summed E-state index contributed by atoms with van der Waals surface area (Å²) in [6.45, 7) is 7.45. The largest absolute Gasteiger partial charge is 0.325 e. The van der Waals surface area contributed by atoms with E-state index in [1.807, 2.05) is 55.3 Å². The van der Waals surface area contributed by atoms with Gasteiger partial charge in [-0.25, -0.2) is 13.6 Å². The highest BCUT2D eigenvalue weighted by molar-refractivity contribution is 5.83. The van der Waals surface area contributed by atoms with E-state index in [9.17, 15) is 13.6 Å². The van der Waals surface area contributed by atoms with Crippen LogP contribution in [0.4, 0.5) is 13.6 Å². The van der Waals surface area contributed by atoms with E-state index in [4.69, 9.17) is 0 Å². The molecule has 202 valence electrons. The SMILES string of the molecule is CCN(C)C.CN1CCCC(N(C)C(=O)N2CC(c3cc(F)ccc3F)=CC2(C)c2ccccc2)CC1. The lowest BCUT2D eigenvalue weighted by Crippen LogP contribution is -2.51. The summed E-state index contributed by atoms with van der Waals surface area (Å²) in [6.07, 6.45) is 4.84. The van der Waals surface area contributed by atoms with Gasteiger partial charge < -0.3 is 19.6 Å². The maximum atomic E-state index is 14.6.